The second-order valence-corrected chi connectivity index (χ2v) is 7.39. The molecule has 5 heteroatoms. The minimum Gasteiger partial charge on any atom is -0.489 e. The summed E-state index contributed by atoms with van der Waals surface area (Å²) in [7, 11) is 0. The predicted octanol–water partition coefficient (Wildman–Crippen LogP) is 5.76. The summed E-state index contributed by atoms with van der Waals surface area (Å²) < 4.78 is 12.2. The number of alkyl halides is 1. The van der Waals surface area contributed by atoms with E-state index >= 15 is 0 Å². The van der Waals surface area contributed by atoms with Gasteiger partial charge in [0.05, 0.1) is 16.7 Å². The highest BCUT2D eigenvalue weighted by Gasteiger charge is 2.42. The summed E-state index contributed by atoms with van der Waals surface area (Å²) in [6.07, 6.45) is 7.43. The first-order chi connectivity index (χ1) is 10.1. The van der Waals surface area contributed by atoms with Crippen LogP contribution in [0.4, 0.5) is 0 Å². The van der Waals surface area contributed by atoms with Crippen LogP contribution in [0.2, 0.25) is 10.0 Å². The van der Waals surface area contributed by atoms with Crippen LogP contribution in [0.3, 0.4) is 0 Å². The number of benzene rings is 1. The maximum Gasteiger partial charge on any atom is 0.142 e. The molecule has 1 aromatic carbocycles. The second-order valence-electron chi connectivity index (χ2n) is 5.99. The summed E-state index contributed by atoms with van der Waals surface area (Å²) >= 11 is 15.7. The fourth-order valence-corrected chi connectivity index (χ4v) is 4.46. The summed E-state index contributed by atoms with van der Waals surface area (Å²) in [5.41, 5.74) is 1.12. The summed E-state index contributed by atoms with van der Waals surface area (Å²) in [5.74, 6) is 0.717. The van der Waals surface area contributed by atoms with E-state index in [9.17, 15) is 0 Å². The molecule has 1 aliphatic carbocycles. The van der Waals surface area contributed by atoms with Gasteiger partial charge in [0.25, 0.3) is 0 Å². The van der Waals surface area contributed by atoms with Gasteiger partial charge in [0.1, 0.15) is 12.4 Å². The average Bonchev–Trinajstić information content (AvgIpc) is 3.08. The van der Waals surface area contributed by atoms with Crippen LogP contribution in [-0.4, -0.2) is 18.3 Å². The highest BCUT2D eigenvalue weighted by Crippen LogP contribution is 2.43. The van der Waals surface area contributed by atoms with Crippen molar-refractivity contribution < 1.29 is 9.47 Å². The Morgan fingerprint density at radius 3 is 2.71 bits per heavy atom. The number of hydrogen-bond donors (Lipinski definition) is 0. The van der Waals surface area contributed by atoms with Gasteiger partial charge in [-0.25, -0.2) is 0 Å². The van der Waals surface area contributed by atoms with Crippen molar-refractivity contribution in [2.45, 2.75) is 55.6 Å². The van der Waals surface area contributed by atoms with Crippen LogP contribution < -0.4 is 4.74 Å². The summed E-state index contributed by atoms with van der Waals surface area (Å²) in [5, 5.41) is 1.85. The molecule has 1 saturated heterocycles. The zero-order valence-corrected chi connectivity index (χ0v) is 14.9. The quantitative estimate of drug-likeness (QED) is 0.605. The molecule has 2 fully saturated rings. The van der Waals surface area contributed by atoms with Gasteiger partial charge in [-0.05, 0) is 37.8 Å². The molecule has 1 unspecified atom stereocenters. The largest absolute Gasteiger partial charge is 0.489 e. The number of ether oxygens (including phenoxy) is 2. The molecule has 2 nitrogen and oxygen atoms in total. The maximum atomic E-state index is 6.26. The normalized spacial score (nSPS) is 23.9. The molecule has 0 bridgehead atoms. The van der Waals surface area contributed by atoms with Crippen LogP contribution in [-0.2, 0) is 10.1 Å². The first-order valence-corrected chi connectivity index (χ1v) is 9.34. The van der Waals surface area contributed by atoms with Crippen molar-refractivity contribution in [3.63, 3.8) is 0 Å². The Balaban J connectivity index is 1.63. The molecule has 2 aliphatic rings. The van der Waals surface area contributed by atoms with E-state index in [-0.39, 0.29) is 11.7 Å². The molecule has 0 radical (unpaired) electrons. The molecule has 21 heavy (non-hydrogen) atoms. The lowest BCUT2D eigenvalue weighted by molar-refractivity contribution is -0.0509. The van der Waals surface area contributed by atoms with E-state index in [4.69, 9.17) is 32.7 Å². The number of rotatable bonds is 4. The first-order valence-electron chi connectivity index (χ1n) is 7.46. The maximum absolute atomic E-state index is 6.26. The Morgan fingerprint density at radius 2 is 2.00 bits per heavy atom. The van der Waals surface area contributed by atoms with E-state index in [1.807, 2.05) is 6.07 Å². The van der Waals surface area contributed by atoms with Crippen molar-refractivity contribution >= 4 is 39.1 Å². The molecule has 1 aliphatic heterocycles. The van der Waals surface area contributed by atoms with Gasteiger partial charge in [0, 0.05) is 15.9 Å². The molecular weight excluding hydrogens is 375 g/mol. The standard InChI is InChI=1S/C16H19BrCl2O2/c17-9-11-7-12(18)8-14(19)15(11)20-10-13-3-6-16(21-13)4-1-2-5-16/h7-8,13H,1-6,9-10H2. The monoisotopic (exact) mass is 392 g/mol. The topological polar surface area (TPSA) is 18.5 Å². The van der Waals surface area contributed by atoms with E-state index in [1.54, 1.807) is 6.07 Å². The van der Waals surface area contributed by atoms with Crippen LogP contribution in [0.1, 0.15) is 44.1 Å². The Bertz CT molecular complexity index is 515. The lowest BCUT2D eigenvalue weighted by Gasteiger charge is -2.24. The zero-order chi connectivity index (χ0) is 14.9. The SMILES string of the molecule is Clc1cc(Cl)c(OCC2CCC3(CCCC3)O2)c(CBr)c1. The molecule has 1 heterocycles. The Labute approximate surface area is 144 Å². The minimum atomic E-state index is 0.149. The molecule has 116 valence electrons. The zero-order valence-electron chi connectivity index (χ0n) is 11.8. The van der Waals surface area contributed by atoms with Crippen LogP contribution in [0.15, 0.2) is 12.1 Å². The first kappa shape index (κ1) is 15.9. The van der Waals surface area contributed by atoms with Crippen molar-refractivity contribution in [2.75, 3.05) is 6.61 Å². The third-order valence-corrected chi connectivity index (χ3v) is 5.60. The van der Waals surface area contributed by atoms with Crippen molar-refractivity contribution in [1.82, 2.24) is 0 Å². The predicted molar refractivity (Wildman–Crippen MR) is 89.9 cm³/mol. The van der Waals surface area contributed by atoms with Crippen LogP contribution in [0.25, 0.3) is 0 Å². The van der Waals surface area contributed by atoms with Crippen LogP contribution in [0.5, 0.6) is 5.75 Å². The van der Waals surface area contributed by atoms with E-state index in [2.05, 4.69) is 15.9 Å². The Kier molecular flexibility index (Phi) is 5.04. The lowest BCUT2D eigenvalue weighted by Crippen LogP contribution is -2.27. The minimum absolute atomic E-state index is 0.149. The van der Waals surface area contributed by atoms with Crippen molar-refractivity contribution in [3.05, 3.63) is 27.7 Å². The Hall–Kier alpha value is 0.0400. The number of halogens is 3. The third kappa shape index (κ3) is 3.52. The van der Waals surface area contributed by atoms with Gasteiger partial charge in [-0.1, -0.05) is 52.0 Å². The van der Waals surface area contributed by atoms with Crippen molar-refractivity contribution in [3.8, 4) is 5.75 Å². The summed E-state index contributed by atoms with van der Waals surface area (Å²) in [6, 6.07) is 3.60. The van der Waals surface area contributed by atoms with Gasteiger partial charge in [-0.3, -0.25) is 0 Å². The van der Waals surface area contributed by atoms with E-state index in [0.717, 1.165) is 12.0 Å². The highest BCUT2D eigenvalue weighted by atomic mass is 79.9. The fourth-order valence-electron chi connectivity index (χ4n) is 3.45. The third-order valence-electron chi connectivity index (χ3n) is 4.50. The molecule has 1 spiro atoms. The molecule has 0 aromatic heterocycles. The van der Waals surface area contributed by atoms with Gasteiger partial charge in [0.2, 0.25) is 0 Å². The van der Waals surface area contributed by atoms with Gasteiger partial charge in [-0.2, -0.15) is 0 Å². The molecule has 1 saturated carbocycles. The second kappa shape index (κ2) is 6.66. The molecule has 0 N–H and O–H groups in total. The van der Waals surface area contributed by atoms with Gasteiger partial charge >= 0.3 is 0 Å². The van der Waals surface area contributed by atoms with Gasteiger partial charge in [-0.15, -0.1) is 0 Å². The molecular formula is C16H19BrCl2O2. The summed E-state index contributed by atoms with van der Waals surface area (Å²) in [6.45, 7) is 0.559. The van der Waals surface area contributed by atoms with Crippen LogP contribution in [0, 0.1) is 0 Å². The molecule has 1 atom stereocenters. The smallest absolute Gasteiger partial charge is 0.142 e. The molecule has 0 amide bonds. The highest BCUT2D eigenvalue weighted by molar-refractivity contribution is 9.08. The summed E-state index contributed by atoms with van der Waals surface area (Å²) in [4.78, 5) is 0. The van der Waals surface area contributed by atoms with E-state index in [0.29, 0.717) is 27.7 Å². The lowest BCUT2D eigenvalue weighted by atomic mass is 9.98. The van der Waals surface area contributed by atoms with E-state index < -0.39 is 0 Å². The van der Waals surface area contributed by atoms with Gasteiger partial charge in [0.15, 0.2) is 0 Å². The van der Waals surface area contributed by atoms with Crippen molar-refractivity contribution in [2.24, 2.45) is 0 Å². The van der Waals surface area contributed by atoms with Crippen LogP contribution >= 0.6 is 39.1 Å². The van der Waals surface area contributed by atoms with Gasteiger partial charge < -0.3 is 9.47 Å². The van der Waals surface area contributed by atoms with E-state index in [1.165, 1.54) is 32.1 Å². The number of hydrogen-bond acceptors (Lipinski definition) is 2. The van der Waals surface area contributed by atoms with Crippen molar-refractivity contribution in [1.29, 1.82) is 0 Å². The Morgan fingerprint density at radius 1 is 1.24 bits per heavy atom. The molecule has 3 rings (SSSR count). The molecule has 1 aromatic rings. The average molecular weight is 394 g/mol. The fraction of sp³-hybridized carbons (Fsp3) is 0.625.